The molecule has 2 unspecified atom stereocenters. The molecule has 2 aromatic carbocycles. The van der Waals surface area contributed by atoms with Gasteiger partial charge in [-0.05, 0) is 44.2 Å². The van der Waals surface area contributed by atoms with Gasteiger partial charge in [0.15, 0.2) is 4.80 Å². The molecule has 12 heteroatoms. The number of carbonyl (C=O) groups excluding carboxylic acids is 1. The van der Waals surface area contributed by atoms with E-state index in [0.717, 1.165) is 11.3 Å². The Bertz CT molecular complexity index is 1400. The van der Waals surface area contributed by atoms with Crippen LogP contribution in [0.25, 0.3) is 10.2 Å². The number of morpholine rings is 1. The minimum absolute atomic E-state index is 0.0388. The summed E-state index contributed by atoms with van der Waals surface area (Å²) < 4.78 is 35.3. The molecule has 0 aliphatic carbocycles. The number of nitro groups is 1. The summed E-state index contributed by atoms with van der Waals surface area (Å²) in [5, 5.41) is 11.0. The molecular weight excluding hydrogens is 468 g/mol. The van der Waals surface area contributed by atoms with E-state index >= 15 is 0 Å². The van der Waals surface area contributed by atoms with Gasteiger partial charge in [0, 0.05) is 37.8 Å². The highest BCUT2D eigenvalue weighted by Gasteiger charge is 2.32. The number of sulfonamides is 1. The van der Waals surface area contributed by atoms with Crippen molar-refractivity contribution >= 4 is 43.2 Å². The first-order valence-electron chi connectivity index (χ1n) is 10.1. The number of thiazole rings is 1. The molecule has 0 N–H and O–H groups in total. The Morgan fingerprint density at radius 3 is 2.39 bits per heavy atom. The molecule has 2 atom stereocenters. The normalized spacial score (nSPS) is 20.3. The average Bonchev–Trinajstić information content (AvgIpc) is 3.07. The smallest absolute Gasteiger partial charge is 0.279 e. The van der Waals surface area contributed by atoms with Crippen molar-refractivity contribution in [2.75, 3.05) is 13.1 Å². The fourth-order valence-electron chi connectivity index (χ4n) is 3.74. The molecule has 3 aromatic rings. The lowest BCUT2D eigenvalue weighted by molar-refractivity contribution is -0.384. The Morgan fingerprint density at radius 2 is 1.79 bits per heavy atom. The monoisotopic (exact) mass is 490 g/mol. The highest BCUT2D eigenvalue weighted by Crippen LogP contribution is 2.23. The Hall–Kier alpha value is -2.93. The summed E-state index contributed by atoms with van der Waals surface area (Å²) in [6.07, 6.45) is -0.404. The first kappa shape index (κ1) is 23.2. The van der Waals surface area contributed by atoms with E-state index < -0.39 is 20.9 Å². The van der Waals surface area contributed by atoms with Crippen molar-refractivity contribution in [3.05, 3.63) is 62.9 Å². The van der Waals surface area contributed by atoms with Gasteiger partial charge in [-0.1, -0.05) is 11.3 Å². The summed E-state index contributed by atoms with van der Waals surface area (Å²) in [6.45, 7) is 4.19. The van der Waals surface area contributed by atoms with Gasteiger partial charge >= 0.3 is 0 Å². The second kappa shape index (κ2) is 8.78. The van der Waals surface area contributed by atoms with Crippen molar-refractivity contribution in [1.82, 2.24) is 8.87 Å². The molecule has 2 heterocycles. The van der Waals surface area contributed by atoms with Crippen LogP contribution >= 0.6 is 11.3 Å². The fraction of sp³-hybridized carbons (Fsp3) is 0.333. The van der Waals surface area contributed by atoms with Crippen molar-refractivity contribution in [1.29, 1.82) is 0 Å². The van der Waals surface area contributed by atoms with Gasteiger partial charge in [-0.2, -0.15) is 9.30 Å². The van der Waals surface area contributed by atoms with Crippen LogP contribution in [0.15, 0.2) is 52.4 Å². The van der Waals surface area contributed by atoms with E-state index in [1.165, 1.54) is 40.7 Å². The molecule has 0 bridgehead atoms. The number of benzene rings is 2. The summed E-state index contributed by atoms with van der Waals surface area (Å²) in [5.41, 5.74) is 0.914. The number of hydrogen-bond acceptors (Lipinski definition) is 7. The Balaban J connectivity index is 1.61. The van der Waals surface area contributed by atoms with Gasteiger partial charge in [0.05, 0.1) is 32.2 Å². The standard InChI is InChI=1S/C21H22N4O6S2/c1-13-11-24(12-14(2)31-13)33(29,30)17-7-4-15(5-8-17)20(26)22-21-23(3)18-9-6-16(25(27)28)10-19(18)32-21/h4-10,13-14H,11-12H2,1-3H3. The zero-order valence-corrected chi connectivity index (χ0v) is 19.8. The third-order valence-electron chi connectivity index (χ3n) is 5.33. The molecule has 0 spiro atoms. The maximum absolute atomic E-state index is 13.0. The maximum Gasteiger partial charge on any atom is 0.279 e. The van der Waals surface area contributed by atoms with Gasteiger partial charge in [0.2, 0.25) is 10.0 Å². The van der Waals surface area contributed by atoms with Gasteiger partial charge in [0.25, 0.3) is 11.6 Å². The SMILES string of the molecule is CC1CN(S(=O)(=O)c2ccc(C(=O)N=c3sc4cc([N+](=O)[O-])ccc4n3C)cc2)CC(C)O1. The largest absolute Gasteiger partial charge is 0.373 e. The molecule has 4 rings (SSSR count). The highest BCUT2D eigenvalue weighted by atomic mass is 32.2. The molecule has 1 aliphatic rings. The Morgan fingerprint density at radius 1 is 1.15 bits per heavy atom. The van der Waals surface area contributed by atoms with Crippen LogP contribution in [-0.2, 0) is 21.8 Å². The summed E-state index contributed by atoms with van der Waals surface area (Å²) in [6, 6.07) is 10.1. The molecule has 1 fully saturated rings. The molecular formula is C21H22N4O6S2. The van der Waals surface area contributed by atoms with Crippen LogP contribution in [0.5, 0.6) is 0 Å². The predicted octanol–water partition coefficient (Wildman–Crippen LogP) is 2.69. The Kier molecular flexibility index (Phi) is 6.18. The third-order valence-corrected chi connectivity index (χ3v) is 8.27. The number of ether oxygens (including phenoxy) is 1. The summed E-state index contributed by atoms with van der Waals surface area (Å²) >= 11 is 1.16. The lowest BCUT2D eigenvalue weighted by Crippen LogP contribution is -2.48. The second-order valence-corrected chi connectivity index (χ2v) is 10.8. The second-order valence-electron chi connectivity index (χ2n) is 7.87. The number of aryl methyl sites for hydroxylation is 1. The predicted molar refractivity (Wildman–Crippen MR) is 123 cm³/mol. The number of nitro benzene ring substituents is 1. The third kappa shape index (κ3) is 4.60. The van der Waals surface area contributed by atoms with Crippen LogP contribution in [0, 0.1) is 10.1 Å². The highest BCUT2D eigenvalue weighted by molar-refractivity contribution is 7.89. The van der Waals surface area contributed by atoms with Gasteiger partial charge < -0.3 is 9.30 Å². The zero-order valence-electron chi connectivity index (χ0n) is 18.2. The number of hydrogen-bond donors (Lipinski definition) is 0. The van der Waals surface area contributed by atoms with Crippen LogP contribution in [-0.4, -0.2) is 53.4 Å². The molecule has 1 aromatic heterocycles. The van der Waals surface area contributed by atoms with E-state index in [4.69, 9.17) is 4.74 Å². The van der Waals surface area contributed by atoms with Crippen molar-refractivity contribution in [2.45, 2.75) is 31.0 Å². The van der Waals surface area contributed by atoms with Gasteiger partial charge in [-0.15, -0.1) is 0 Å². The number of fused-ring (bicyclic) bond motifs is 1. The van der Waals surface area contributed by atoms with Crippen LogP contribution in [0.1, 0.15) is 24.2 Å². The van der Waals surface area contributed by atoms with Crippen molar-refractivity contribution < 1.29 is 22.9 Å². The van der Waals surface area contributed by atoms with Crippen molar-refractivity contribution in [3.63, 3.8) is 0 Å². The lowest BCUT2D eigenvalue weighted by Gasteiger charge is -2.34. The number of carbonyl (C=O) groups is 1. The van der Waals surface area contributed by atoms with Crippen LogP contribution in [0.3, 0.4) is 0 Å². The van der Waals surface area contributed by atoms with Gasteiger partial charge in [0.1, 0.15) is 0 Å². The van der Waals surface area contributed by atoms with Gasteiger partial charge in [-0.25, -0.2) is 8.42 Å². The number of nitrogens with zero attached hydrogens (tertiary/aromatic N) is 4. The molecule has 1 saturated heterocycles. The van der Waals surface area contributed by atoms with Crippen LogP contribution in [0.2, 0.25) is 0 Å². The molecule has 0 saturated carbocycles. The summed E-state index contributed by atoms with van der Waals surface area (Å²) in [4.78, 5) is 27.8. The maximum atomic E-state index is 13.0. The summed E-state index contributed by atoms with van der Waals surface area (Å²) in [5.74, 6) is -0.538. The zero-order chi connectivity index (χ0) is 23.9. The topological polar surface area (TPSA) is 124 Å². The van der Waals surface area contributed by atoms with E-state index in [1.54, 1.807) is 17.7 Å². The summed E-state index contributed by atoms with van der Waals surface area (Å²) in [7, 11) is -1.99. The number of non-ortho nitro benzene ring substituents is 1. The van der Waals surface area contributed by atoms with E-state index in [0.29, 0.717) is 15.0 Å². The van der Waals surface area contributed by atoms with E-state index in [1.807, 2.05) is 13.8 Å². The lowest BCUT2D eigenvalue weighted by atomic mass is 10.2. The van der Waals surface area contributed by atoms with E-state index in [2.05, 4.69) is 4.99 Å². The average molecular weight is 491 g/mol. The minimum Gasteiger partial charge on any atom is -0.373 e. The first-order chi connectivity index (χ1) is 15.6. The molecule has 33 heavy (non-hydrogen) atoms. The molecule has 1 aliphatic heterocycles. The number of aromatic nitrogens is 1. The van der Waals surface area contributed by atoms with Crippen molar-refractivity contribution in [2.24, 2.45) is 12.0 Å². The molecule has 174 valence electrons. The van der Waals surface area contributed by atoms with E-state index in [9.17, 15) is 23.3 Å². The van der Waals surface area contributed by atoms with Crippen LogP contribution in [0.4, 0.5) is 5.69 Å². The first-order valence-corrected chi connectivity index (χ1v) is 12.4. The quantitative estimate of drug-likeness (QED) is 0.409. The minimum atomic E-state index is -3.71. The van der Waals surface area contributed by atoms with Crippen molar-refractivity contribution in [3.8, 4) is 0 Å². The molecule has 10 nitrogen and oxygen atoms in total. The molecule has 0 radical (unpaired) electrons. The van der Waals surface area contributed by atoms with Gasteiger partial charge in [-0.3, -0.25) is 14.9 Å². The number of amides is 1. The van der Waals surface area contributed by atoms with Crippen LogP contribution < -0.4 is 4.80 Å². The number of rotatable bonds is 4. The van der Waals surface area contributed by atoms with E-state index in [-0.39, 0.29) is 41.4 Å². The fourth-order valence-corrected chi connectivity index (χ4v) is 6.38. The Labute approximate surface area is 193 Å². The molecule has 1 amide bonds.